The van der Waals surface area contributed by atoms with Gasteiger partial charge in [-0.15, -0.1) is 0 Å². The molecule has 2 heterocycles. The number of amides is 2. The van der Waals surface area contributed by atoms with E-state index in [-0.39, 0.29) is 54.7 Å². The molecule has 1 aliphatic heterocycles. The van der Waals surface area contributed by atoms with Crippen molar-refractivity contribution in [3.05, 3.63) is 64.3 Å². The normalized spacial score (nSPS) is 17.8. The van der Waals surface area contributed by atoms with E-state index in [0.29, 0.717) is 48.1 Å². The molecule has 0 atom stereocenters. The summed E-state index contributed by atoms with van der Waals surface area (Å²) in [5, 5.41) is 8.43. The first-order valence-corrected chi connectivity index (χ1v) is 18.2. The summed E-state index contributed by atoms with van der Waals surface area (Å²) < 4.78 is 72.1. The van der Waals surface area contributed by atoms with Crippen LogP contribution in [0.2, 0.25) is 0 Å². The van der Waals surface area contributed by atoms with E-state index >= 15 is 0 Å². The van der Waals surface area contributed by atoms with E-state index in [1.54, 1.807) is 52.2 Å². The summed E-state index contributed by atoms with van der Waals surface area (Å²) in [4.78, 5) is 35.2. The zero-order chi connectivity index (χ0) is 36.2. The Morgan fingerprint density at radius 3 is 2.34 bits per heavy atom. The number of hydrogen-bond acceptors (Lipinski definition) is 10. The lowest BCUT2D eigenvalue weighted by Gasteiger charge is -2.29. The summed E-state index contributed by atoms with van der Waals surface area (Å²) in [6, 6.07) is 8.36. The van der Waals surface area contributed by atoms with Gasteiger partial charge in [0.25, 0.3) is 5.91 Å². The van der Waals surface area contributed by atoms with Gasteiger partial charge in [0.1, 0.15) is 17.1 Å². The van der Waals surface area contributed by atoms with Crippen LogP contribution in [0.4, 0.5) is 36.3 Å². The van der Waals surface area contributed by atoms with Gasteiger partial charge in [0, 0.05) is 32.8 Å². The first kappa shape index (κ1) is 37.1. The van der Waals surface area contributed by atoms with Gasteiger partial charge >= 0.3 is 13.8 Å². The average molecular weight is 719 g/mol. The second-order valence-electron chi connectivity index (χ2n) is 12.2. The predicted molar refractivity (Wildman–Crippen MR) is 182 cm³/mol. The Balaban J connectivity index is 1.44. The first-order valence-electron chi connectivity index (χ1n) is 16.5. The van der Waals surface area contributed by atoms with Crippen LogP contribution in [-0.2, 0) is 37.3 Å². The molecule has 5 rings (SSSR count). The molecule has 2 aliphatic rings. The lowest BCUT2D eigenvalue weighted by Crippen LogP contribution is -2.30. The molecule has 50 heavy (non-hydrogen) atoms. The highest BCUT2D eigenvalue weighted by Gasteiger charge is 2.38. The van der Waals surface area contributed by atoms with Crippen molar-refractivity contribution < 1.29 is 41.1 Å². The van der Waals surface area contributed by atoms with E-state index < -0.39 is 25.2 Å². The summed E-state index contributed by atoms with van der Waals surface area (Å²) in [7, 11) is 1.29. The van der Waals surface area contributed by atoms with E-state index in [0.717, 1.165) is 24.0 Å². The first-order chi connectivity index (χ1) is 23.8. The fourth-order valence-corrected chi connectivity index (χ4v) is 8.30. The number of ether oxygens (including phenoxy) is 1. The molecular formula is C34H42F3N6O6P. The van der Waals surface area contributed by atoms with Crippen LogP contribution < -0.4 is 20.7 Å². The Morgan fingerprint density at radius 2 is 1.72 bits per heavy atom. The molecule has 1 aromatic heterocycles. The third kappa shape index (κ3) is 8.06. The number of fused-ring (bicyclic) bond motifs is 1. The molecule has 270 valence electrons. The highest BCUT2D eigenvalue weighted by Crippen LogP contribution is 2.52. The maximum atomic E-state index is 14.2. The van der Waals surface area contributed by atoms with Gasteiger partial charge in [-0.2, -0.15) is 18.2 Å². The number of carbonyl (C=O) groups is 2. The Bertz CT molecular complexity index is 1770. The summed E-state index contributed by atoms with van der Waals surface area (Å²) in [6.45, 7) is 4.16. The Kier molecular flexibility index (Phi) is 11.4. The Morgan fingerprint density at radius 1 is 1.04 bits per heavy atom. The molecule has 0 unspecified atom stereocenters. The molecule has 2 aromatic carbocycles. The van der Waals surface area contributed by atoms with Gasteiger partial charge in [-0.05, 0) is 80.3 Å². The maximum absolute atomic E-state index is 14.2. The Hall–Kier alpha value is -4.20. The summed E-state index contributed by atoms with van der Waals surface area (Å²) in [6.07, 6.45) is -1.19. The number of alkyl halides is 3. The highest BCUT2D eigenvalue weighted by molar-refractivity contribution is 7.53. The average Bonchev–Trinajstić information content (AvgIpc) is 3.38. The van der Waals surface area contributed by atoms with Gasteiger partial charge in [-0.25, -0.2) is 4.98 Å². The molecule has 12 nitrogen and oxygen atoms in total. The molecule has 16 heteroatoms. The number of nitrogens with zero attached hydrogens (tertiary/aromatic N) is 3. The van der Waals surface area contributed by atoms with Crippen LogP contribution in [0, 0.1) is 5.92 Å². The van der Waals surface area contributed by atoms with Crippen LogP contribution in [0.5, 0.6) is 5.75 Å². The summed E-state index contributed by atoms with van der Waals surface area (Å²) in [5.41, 5.74) is 2.05. The third-order valence-corrected chi connectivity index (χ3v) is 11.0. The monoisotopic (exact) mass is 718 g/mol. The number of methoxy groups -OCH3 is 1. The van der Waals surface area contributed by atoms with E-state index in [1.165, 1.54) is 12.0 Å². The minimum Gasteiger partial charge on any atom is -0.495 e. The molecular weight excluding hydrogens is 676 g/mol. The number of anilines is 4. The molecule has 0 spiro atoms. The molecule has 0 bridgehead atoms. The van der Waals surface area contributed by atoms with E-state index in [9.17, 15) is 27.3 Å². The van der Waals surface area contributed by atoms with Gasteiger partial charge in [0.15, 0.2) is 0 Å². The van der Waals surface area contributed by atoms with Crippen molar-refractivity contribution in [2.45, 2.75) is 64.3 Å². The van der Waals surface area contributed by atoms with E-state index in [4.69, 9.17) is 13.8 Å². The number of halogens is 3. The van der Waals surface area contributed by atoms with Gasteiger partial charge in [-0.1, -0.05) is 12.1 Å². The number of carbonyl (C=O) groups excluding carboxylic acids is 2. The van der Waals surface area contributed by atoms with Crippen molar-refractivity contribution in [1.82, 2.24) is 20.2 Å². The van der Waals surface area contributed by atoms with Crippen LogP contribution >= 0.6 is 7.60 Å². The third-order valence-electron chi connectivity index (χ3n) is 8.98. The molecule has 1 aliphatic carbocycles. The molecule has 0 saturated heterocycles. The van der Waals surface area contributed by atoms with Crippen LogP contribution in [-0.4, -0.2) is 61.1 Å². The molecule has 1 saturated carbocycles. The quantitative estimate of drug-likeness (QED) is 0.153. The summed E-state index contributed by atoms with van der Waals surface area (Å²) >= 11 is 0. The molecule has 0 radical (unpaired) electrons. The molecule has 1 fully saturated rings. The van der Waals surface area contributed by atoms with Crippen molar-refractivity contribution in [3.8, 4) is 5.75 Å². The van der Waals surface area contributed by atoms with Gasteiger partial charge in [-0.3, -0.25) is 14.2 Å². The standard InChI is InChI=1S/C34H42F3N6O6P/c1-6-48-50(46,49-7-2)19-20-8-14-26(28(16-20)47-5)41-33-39-17-25(34(35,36)37)30(42-33)40-27-15-13-23(24-18-43(4)32(45)29(24)27)21-9-11-22(12-10-21)31(44)38-3/h8,13-17,21-22H,6-7,9-12,18-19H2,1-5H3,(H,38,44)(H2,39,40,41,42)/t21-,22+. The van der Waals surface area contributed by atoms with Gasteiger partial charge < -0.3 is 34.6 Å². The van der Waals surface area contributed by atoms with Crippen LogP contribution in [0.3, 0.4) is 0 Å². The highest BCUT2D eigenvalue weighted by atomic mass is 31.2. The minimum absolute atomic E-state index is 0.00946. The number of nitrogens with one attached hydrogen (secondary N) is 3. The number of rotatable bonds is 13. The van der Waals surface area contributed by atoms with Crippen molar-refractivity contribution in [3.63, 3.8) is 0 Å². The number of benzene rings is 2. The predicted octanol–water partition coefficient (Wildman–Crippen LogP) is 7.36. The lowest BCUT2D eigenvalue weighted by atomic mass is 9.76. The fraction of sp³-hybridized carbons (Fsp3) is 0.471. The molecule has 3 aromatic rings. The number of hydrogen-bond donors (Lipinski definition) is 3. The van der Waals surface area contributed by atoms with Crippen LogP contribution in [0.15, 0.2) is 36.5 Å². The second kappa shape index (κ2) is 15.4. The van der Waals surface area contributed by atoms with Crippen molar-refractivity contribution in [2.24, 2.45) is 5.92 Å². The zero-order valence-corrected chi connectivity index (χ0v) is 29.5. The molecule has 2 amide bonds. The van der Waals surface area contributed by atoms with Crippen molar-refractivity contribution in [2.75, 3.05) is 45.1 Å². The van der Waals surface area contributed by atoms with Gasteiger partial charge in [0.05, 0.1) is 43.4 Å². The number of aromatic nitrogens is 2. The fourth-order valence-electron chi connectivity index (χ4n) is 6.61. The van der Waals surface area contributed by atoms with E-state index in [1.807, 2.05) is 6.07 Å². The van der Waals surface area contributed by atoms with Crippen molar-refractivity contribution >= 4 is 42.6 Å². The minimum atomic E-state index is -4.80. The maximum Gasteiger partial charge on any atom is 0.421 e. The molecule has 3 N–H and O–H groups in total. The van der Waals surface area contributed by atoms with Gasteiger partial charge in [0.2, 0.25) is 11.9 Å². The Labute approximate surface area is 289 Å². The lowest BCUT2D eigenvalue weighted by molar-refractivity contribution is -0.137. The SMILES string of the molecule is CCOP(=O)(Cc1ccc(Nc2ncc(C(F)(F)F)c(Nc3ccc([C@H]4CC[C@@H](C(=O)NC)CC4)c4c3C(=O)N(C)C4)n2)c(OC)c1)OCC. The smallest absolute Gasteiger partial charge is 0.421 e. The van der Waals surface area contributed by atoms with Crippen molar-refractivity contribution in [1.29, 1.82) is 0 Å². The second-order valence-corrected chi connectivity index (χ2v) is 14.3. The largest absolute Gasteiger partial charge is 0.495 e. The van der Waals surface area contributed by atoms with Crippen LogP contribution in [0.25, 0.3) is 0 Å². The van der Waals surface area contributed by atoms with E-state index in [2.05, 4.69) is 25.9 Å². The van der Waals surface area contributed by atoms with Crippen LogP contribution in [0.1, 0.15) is 78.1 Å². The topological polar surface area (TPSA) is 144 Å². The zero-order valence-electron chi connectivity index (χ0n) is 28.6. The summed E-state index contributed by atoms with van der Waals surface area (Å²) in [5.74, 6) is -0.643.